The average Bonchev–Trinajstić information content (AvgIpc) is 2.59. The number of amides is 3. The van der Waals surface area contributed by atoms with Gasteiger partial charge in [-0.25, -0.2) is 9.18 Å². The summed E-state index contributed by atoms with van der Waals surface area (Å²) in [7, 11) is 0. The molecule has 0 aliphatic carbocycles. The van der Waals surface area contributed by atoms with Crippen LogP contribution >= 0.6 is 0 Å². The van der Waals surface area contributed by atoms with Gasteiger partial charge in [-0.05, 0) is 30.7 Å². The maximum Gasteiger partial charge on any atom is 0.321 e. The molecule has 0 radical (unpaired) electrons. The number of urea groups is 1. The third kappa shape index (κ3) is 5.72. The fourth-order valence-electron chi connectivity index (χ4n) is 2.03. The van der Waals surface area contributed by atoms with Crippen LogP contribution in [0.25, 0.3) is 0 Å². The molecule has 0 atom stereocenters. The van der Waals surface area contributed by atoms with E-state index in [2.05, 4.69) is 10.6 Å². The number of benzene rings is 2. The molecule has 2 aromatic rings. The molecule has 0 unspecified atom stereocenters. The lowest BCUT2D eigenvalue weighted by Gasteiger charge is -2.10. The molecular formula is C18H17FN2O4. The van der Waals surface area contributed by atoms with Gasteiger partial charge in [0.05, 0.1) is 5.56 Å². The van der Waals surface area contributed by atoms with Crippen molar-refractivity contribution < 1.29 is 23.5 Å². The van der Waals surface area contributed by atoms with Crippen molar-refractivity contribution in [2.75, 3.05) is 6.61 Å². The number of rotatable bonds is 6. The van der Waals surface area contributed by atoms with E-state index in [-0.39, 0.29) is 17.9 Å². The lowest BCUT2D eigenvalue weighted by atomic mass is 10.1. The first-order chi connectivity index (χ1) is 12.0. The van der Waals surface area contributed by atoms with Gasteiger partial charge in [0.15, 0.2) is 12.4 Å². The van der Waals surface area contributed by atoms with Gasteiger partial charge in [-0.1, -0.05) is 30.3 Å². The van der Waals surface area contributed by atoms with E-state index < -0.39 is 30.1 Å². The summed E-state index contributed by atoms with van der Waals surface area (Å²) < 4.78 is 18.4. The van der Waals surface area contributed by atoms with Crippen molar-refractivity contribution in [1.82, 2.24) is 10.6 Å². The number of halogens is 1. The van der Waals surface area contributed by atoms with Crippen LogP contribution in [0, 0.1) is 5.82 Å². The predicted molar refractivity (Wildman–Crippen MR) is 88.7 cm³/mol. The Bertz CT molecular complexity index is 778. The Morgan fingerprint density at radius 1 is 1.08 bits per heavy atom. The zero-order valence-corrected chi connectivity index (χ0v) is 13.5. The summed E-state index contributed by atoms with van der Waals surface area (Å²) >= 11 is 0. The summed E-state index contributed by atoms with van der Waals surface area (Å²) in [4.78, 5) is 34.8. The molecule has 0 saturated heterocycles. The Morgan fingerprint density at radius 2 is 1.80 bits per heavy atom. The van der Waals surface area contributed by atoms with Crippen molar-refractivity contribution in [1.29, 1.82) is 0 Å². The minimum atomic E-state index is -0.690. The van der Waals surface area contributed by atoms with Crippen molar-refractivity contribution in [2.24, 2.45) is 0 Å². The van der Waals surface area contributed by atoms with Gasteiger partial charge in [-0.15, -0.1) is 0 Å². The average molecular weight is 344 g/mol. The number of hydrogen-bond donors (Lipinski definition) is 2. The maximum absolute atomic E-state index is 13.2. The van der Waals surface area contributed by atoms with E-state index in [1.807, 2.05) is 30.3 Å². The van der Waals surface area contributed by atoms with Gasteiger partial charge < -0.3 is 10.1 Å². The highest BCUT2D eigenvalue weighted by Crippen LogP contribution is 2.20. The maximum atomic E-state index is 13.2. The van der Waals surface area contributed by atoms with Crippen LogP contribution in [0.5, 0.6) is 5.75 Å². The van der Waals surface area contributed by atoms with Crippen molar-refractivity contribution in [3.8, 4) is 5.75 Å². The molecule has 130 valence electrons. The van der Waals surface area contributed by atoms with Gasteiger partial charge in [0, 0.05) is 6.54 Å². The number of carbonyl (C=O) groups excluding carboxylic acids is 3. The number of carbonyl (C=O) groups is 3. The molecule has 3 amide bonds. The predicted octanol–water partition coefficient (Wildman–Crippen LogP) is 2.43. The number of nitrogens with one attached hydrogen (secondary N) is 2. The van der Waals surface area contributed by atoms with Gasteiger partial charge in [-0.2, -0.15) is 0 Å². The van der Waals surface area contributed by atoms with Crippen LogP contribution in [-0.2, 0) is 11.3 Å². The highest BCUT2D eigenvalue weighted by molar-refractivity contribution is 5.97. The number of hydrogen-bond acceptors (Lipinski definition) is 4. The molecule has 0 aromatic heterocycles. The molecule has 0 heterocycles. The Balaban J connectivity index is 1.82. The normalized spacial score (nSPS) is 10.0. The molecule has 25 heavy (non-hydrogen) atoms. The third-order valence-electron chi connectivity index (χ3n) is 3.23. The molecule has 0 fully saturated rings. The molecule has 2 rings (SSSR count). The largest absolute Gasteiger partial charge is 0.483 e. The highest BCUT2D eigenvalue weighted by atomic mass is 19.1. The van der Waals surface area contributed by atoms with E-state index in [0.29, 0.717) is 0 Å². The Labute approximate surface area is 144 Å². The standard InChI is InChI=1S/C18H17FN2O4/c1-12(22)15-9-14(19)7-8-16(15)25-11-17(23)21-18(24)20-10-13-5-3-2-4-6-13/h2-9H,10-11H2,1H3,(H2,20,21,23,24). The van der Waals surface area contributed by atoms with E-state index in [4.69, 9.17) is 4.74 Å². The van der Waals surface area contributed by atoms with Crippen LogP contribution in [0.2, 0.25) is 0 Å². The van der Waals surface area contributed by atoms with E-state index in [9.17, 15) is 18.8 Å². The summed E-state index contributed by atoms with van der Waals surface area (Å²) in [5, 5.41) is 4.64. The minimum absolute atomic E-state index is 0.0290. The highest BCUT2D eigenvalue weighted by Gasteiger charge is 2.13. The van der Waals surface area contributed by atoms with E-state index >= 15 is 0 Å². The molecule has 6 nitrogen and oxygen atoms in total. The Hall–Kier alpha value is -3.22. The summed E-state index contributed by atoms with van der Waals surface area (Å²) in [5.74, 6) is -1.59. The third-order valence-corrected chi connectivity index (χ3v) is 3.23. The summed E-state index contributed by atoms with van der Waals surface area (Å²) in [6.07, 6.45) is 0. The summed E-state index contributed by atoms with van der Waals surface area (Å²) in [6.45, 7) is 1.05. The fraction of sp³-hybridized carbons (Fsp3) is 0.167. The first-order valence-electron chi connectivity index (χ1n) is 7.50. The van der Waals surface area contributed by atoms with E-state index in [1.54, 1.807) is 0 Å². The molecule has 2 aromatic carbocycles. The van der Waals surface area contributed by atoms with Crippen molar-refractivity contribution in [3.63, 3.8) is 0 Å². The molecular weight excluding hydrogens is 327 g/mol. The number of ether oxygens (including phenoxy) is 1. The van der Waals surface area contributed by atoms with E-state index in [0.717, 1.165) is 17.7 Å². The van der Waals surface area contributed by atoms with Crippen LogP contribution < -0.4 is 15.4 Å². The number of Topliss-reactive ketones (excluding diaryl/α,β-unsaturated/α-hetero) is 1. The minimum Gasteiger partial charge on any atom is -0.483 e. The second-order valence-electron chi connectivity index (χ2n) is 5.20. The summed E-state index contributed by atoms with van der Waals surface area (Å²) in [6, 6.07) is 11.9. The fourth-order valence-corrected chi connectivity index (χ4v) is 2.03. The molecule has 0 aliphatic heterocycles. The zero-order valence-electron chi connectivity index (χ0n) is 13.5. The zero-order chi connectivity index (χ0) is 18.2. The monoisotopic (exact) mass is 344 g/mol. The summed E-state index contributed by atoms with van der Waals surface area (Å²) in [5.41, 5.74) is 0.917. The van der Waals surface area contributed by atoms with Gasteiger partial charge in [0.25, 0.3) is 5.91 Å². The molecule has 0 aliphatic rings. The van der Waals surface area contributed by atoms with Crippen molar-refractivity contribution in [3.05, 3.63) is 65.5 Å². The van der Waals surface area contributed by atoms with Gasteiger partial charge in [0.2, 0.25) is 0 Å². The number of ketones is 1. The number of imide groups is 1. The Kier molecular flexibility index (Phi) is 6.22. The molecule has 0 bridgehead atoms. The molecule has 2 N–H and O–H groups in total. The lowest BCUT2D eigenvalue weighted by Crippen LogP contribution is -2.41. The van der Waals surface area contributed by atoms with Crippen LogP contribution in [0.1, 0.15) is 22.8 Å². The van der Waals surface area contributed by atoms with Gasteiger partial charge in [-0.3, -0.25) is 14.9 Å². The Morgan fingerprint density at radius 3 is 2.48 bits per heavy atom. The molecule has 0 spiro atoms. The first-order valence-corrected chi connectivity index (χ1v) is 7.50. The second-order valence-corrected chi connectivity index (χ2v) is 5.20. The smallest absolute Gasteiger partial charge is 0.321 e. The van der Waals surface area contributed by atoms with E-state index in [1.165, 1.54) is 13.0 Å². The SMILES string of the molecule is CC(=O)c1cc(F)ccc1OCC(=O)NC(=O)NCc1ccccc1. The first kappa shape index (κ1) is 18.1. The molecule has 0 saturated carbocycles. The van der Waals surface area contributed by atoms with Crippen molar-refractivity contribution in [2.45, 2.75) is 13.5 Å². The molecule has 7 heteroatoms. The van der Waals surface area contributed by atoms with Crippen LogP contribution in [0.4, 0.5) is 9.18 Å². The van der Waals surface area contributed by atoms with Gasteiger partial charge >= 0.3 is 6.03 Å². The lowest BCUT2D eigenvalue weighted by molar-refractivity contribution is -0.122. The van der Waals surface area contributed by atoms with Crippen molar-refractivity contribution >= 4 is 17.7 Å². The van der Waals surface area contributed by atoms with Gasteiger partial charge in [0.1, 0.15) is 11.6 Å². The topological polar surface area (TPSA) is 84.5 Å². The van der Waals surface area contributed by atoms with Crippen LogP contribution in [0.3, 0.4) is 0 Å². The second kappa shape index (κ2) is 8.58. The van der Waals surface area contributed by atoms with Crippen LogP contribution in [0.15, 0.2) is 48.5 Å². The van der Waals surface area contributed by atoms with Crippen LogP contribution in [-0.4, -0.2) is 24.3 Å². The quantitative estimate of drug-likeness (QED) is 0.788.